The van der Waals surface area contributed by atoms with Gasteiger partial charge in [0.25, 0.3) is 0 Å². The number of rotatable bonds is 8. The van der Waals surface area contributed by atoms with Crippen LogP contribution < -0.4 is 14.8 Å². The van der Waals surface area contributed by atoms with E-state index in [1.807, 2.05) is 19.1 Å². The van der Waals surface area contributed by atoms with Gasteiger partial charge in [-0.15, -0.1) is 0 Å². The summed E-state index contributed by atoms with van der Waals surface area (Å²) in [6.07, 6.45) is 0.928. The van der Waals surface area contributed by atoms with Crippen molar-refractivity contribution in [3.8, 4) is 11.5 Å². The Bertz CT molecular complexity index is 432. The van der Waals surface area contributed by atoms with Crippen molar-refractivity contribution in [1.82, 2.24) is 5.32 Å². The molecule has 1 rings (SSSR count). The van der Waals surface area contributed by atoms with Gasteiger partial charge in [-0.05, 0) is 37.1 Å². The zero-order valence-electron chi connectivity index (χ0n) is 11.7. The molecule has 0 radical (unpaired) electrons. The first kappa shape index (κ1) is 15.3. The third kappa shape index (κ3) is 4.79. The molecule has 0 aromatic heterocycles. The van der Waals surface area contributed by atoms with Crippen LogP contribution in [-0.2, 0) is 11.2 Å². The van der Waals surface area contributed by atoms with Crippen molar-refractivity contribution in [1.29, 1.82) is 0 Å². The number of carboxylic acids is 1. The molecule has 0 saturated carbocycles. The second-order valence-corrected chi connectivity index (χ2v) is 4.27. The smallest absolute Gasteiger partial charge is 0.304 e. The van der Waals surface area contributed by atoms with Crippen molar-refractivity contribution in [3.05, 3.63) is 23.3 Å². The van der Waals surface area contributed by atoms with Gasteiger partial charge in [-0.2, -0.15) is 0 Å². The second-order valence-electron chi connectivity index (χ2n) is 4.27. The highest BCUT2D eigenvalue weighted by Crippen LogP contribution is 2.28. The fourth-order valence-corrected chi connectivity index (χ4v) is 1.91. The largest absolute Gasteiger partial charge is 0.497 e. The first-order valence-corrected chi connectivity index (χ1v) is 6.22. The first-order chi connectivity index (χ1) is 9.08. The maximum absolute atomic E-state index is 10.4. The Morgan fingerprint density at radius 2 is 2.00 bits per heavy atom. The molecule has 1 aromatic rings. The number of aliphatic carboxylic acids is 1. The van der Waals surface area contributed by atoms with Crippen LogP contribution >= 0.6 is 0 Å². The van der Waals surface area contributed by atoms with Crippen molar-refractivity contribution >= 4 is 5.97 Å². The van der Waals surface area contributed by atoms with Crippen molar-refractivity contribution in [2.45, 2.75) is 19.8 Å². The summed E-state index contributed by atoms with van der Waals surface area (Å²) >= 11 is 0. The molecule has 0 heterocycles. The van der Waals surface area contributed by atoms with Gasteiger partial charge in [0.05, 0.1) is 20.6 Å². The number of benzene rings is 1. The van der Waals surface area contributed by atoms with Crippen LogP contribution in [0.5, 0.6) is 11.5 Å². The van der Waals surface area contributed by atoms with E-state index in [2.05, 4.69) is 5.32 Å². The highest BCUT2D eigenvalue weighted by molar-refractivity contribution is 5.66. The third-order valence-electron chi connectivity index (χ3n) is 2.93. The molecule has 0 aliphatic heterocycles. The predicted octanol–water partition coefficient (Wildman–Crippen LogP) is 1.62. The molecule has 2 N–H and O–H groups in total. The fourth-order valence-electron chi connectivity index (χ4n) is 1.91. The molecule has 0 atom stereocenters. The zero-order valence-corrected chi connectivity index (χ0v) is 11.7. The van der Waals surface area contributed by atoms with Crippen molar-refractivity contribution in [2.24, 2.45) is 0 Å². The summed E-state index contributed by atoms with van der Waals surface area (Å²) in [5.74, 6) is 0.791. The Kier molecular flexibility index (Phi) is 6.15. The third-order valence-corrected chi connectivity index (χ3v) is 2.93. The quantitative estimate of drug-likeness (QED) is 0.701. The van der Waals surface area contributed by atoms with Crippen LogP contribution in [0.4, 0.5) is 0 Å². The molecule has 0 fully saturated rings. The fraction of sp³-hybridized carbons (Fsp3) is 0.500. The van der Waals surface area contributed by atoms with E-state index < -0.39 is 5.97 Å². The molecule has 0 spiro atoms. The minimum Gasteiger partial charge on any atom is -0.497 e. The highest BCUT2D eigenvalue weighted by atomic mass is 16.5. The van der Waals surface area contributed by atoms with E-state index in [9.17, 15) is 4.79 Å². The number of hydrogen-bond donors (Lipinski definition) is 2. The van der Waals surface area contributed by atoms with E-state index in [4.69, 9.17) is 14.6 Å². The van der Waals surface area contributed by atoms with Crippen LogP contribution in [0.15, 0.2) is 12.1 Å². The lowest BCUT2D eigenvalue weighted by Gasteiger charge is -2.14. The number of methoxy groups -OCH3 is 2. The lowest BCUT2D eigenvalue weighted by molar-refractivity contribution is -0.136. The Labute approximate surface area is 113 Å². The van der Waals surface area contributed by atoms with Gasteiger partial charge in [0.2, 0.25) is 0 Å². The predicted molar refractivity (Wildman–Crippen MR) is 73.1 cm³/mol. The van der Waals surface area contributed by atoms with Gasteiger partial charge < -0.3 is 19.9 Å². The average molecular weight is 267 g/mol. The van der Waals surface area contributed by atoms with E-state index in [1.165, 1.54) is 0 Å². The number of hydrogen-bond acceptors (Lipinski definition) is 4. The van der Waals surface area contributed by atoms with Crippen LogP contribution in [0.25, 0.3) is 0 Å². The van der Waals surface area contributed by atoms with Gasteiger partial charge in [0.1, 0.15) is 11.5 Å². The van der Waals surface area contributed by atoms with E-state index in [0.717, 1.165) is 35.6 Å². The maximum Gasteiger partial charge on any atom is 0.304 e. The molecule has 0 bridgehead atoms. The average Bonchev–Trinajstić information content (AvgIpc) is 2.38. The molecule has 5 nitrogen and oxygen atoms in total. The van der Waals surface area contributed by atoms with Crippen LogP contribution in [0.3, 0.4) is 0 Å². The zero-order chi connectivity index (χ0) is 14.3. The summed E-state index contributed by atoms with van der Waals surface area (Å²) < 4.78 is 10.6. The number of aryl methyl sites for hydroxylation is 1. The van der Waals surface area contributed by atoms with Crippen molar-refractivity contribution < 1.29 is 19.4 Å². The Morgan fingerprint density at radius 3 is 2.58 bits per heavy atom. The summed E-state index contributed by atoms with van der Waals surface area (Å²) in [7, 11) is 3.26. The number of nitrogens with one attached hydrogen (secondary N) is 1. The highest BCUT2D eigenvalue weighted by Gasteiger charge is 2.09. The molecule has 0 amide bonds. The summed E-state index contributed by atoms with van der Waals surface area (Å²) in [6.45, 7) is 3.21. The van der Waals surface area contributed by atoms with E-state index in [1.54, 1.807) is 14.2 Å². The van der Waals surface area contributed by atoms with E-state index in [-0.39, 0.29) is 6.42 Å². The van der Waals surface area contributed by atoms with Crippen LogP contribution in [0.1, 0.15) is 17.5 Å². The summed E-state index contributed by atoms with van der Waals surface area (Å²) in [4.78, 5) is 10.4. The Morgan fingerprint density at radius 1 is 1.26 bits per heavy atom. The molecule has 5 heteroatoms. The first-order valence-electron chi connectivity index (χ1n) is 6.22. The van der Waals surface area contributed by atoms with Gasteiger partial charge >= 0.3 is 5.97 Å². The van der Waals surface area contributed by atoms with E-state index >= 15 is 0 Å². The molecule has 0 unspecified atom stereocenters. The summed E-state index contributed by atoms with van der Waals surface area (Å²) in [5, 5.41) is 11.6. The van der Waals surface area contributed by atoms with Crippen LogP contribution in [0.2, 0.25) is 0 Å². The summed E-state index contributed by atoms with van der Waals surface area (Å²) in [5.41, 5.74) is 2.22. The lowest BCUT2D eigenvalue weighted by atomic mass is 10.0. The molecule has 19 heavy (non-hydrogen) atoms. The molecular formula is C14H21NO4. The monoisotopic (exact) mass is 267 g/mol. The standard InChI is InChI=1S/C14H21NO4/c1-10-8-11(18-2)9-13(19-3)12(10)4-6-15-7-5-14(16)17/h8-9,15H,4-7H2,1-3H3,(H,16,17). The van der Waals surface area contributed by atoms with E-state index in [0.29, 0.717) is 6.54 Å². The molecular weight excluding hydrogens is 246 g/mol. The topological polar surface area (TPSA) is 67.8 Å². The van der Waals surface area contributed by atoms with Gasteiger partial charge in [-0.25, -0.2) is 0 Å². The molecule has 1 aromatic carbocycles. The van der Waals surface area contributed by atoms with Crippen molar-refractivity contribution in [3.63, 3.8) is 0 Å². The molecule has 0 aliphatic rings. The van der Waals surface area contributed by atoms with Crippen molar-refractivity contribution in [2.75, 3.05) is 27.3 Å². The maximum atomic E-state index is 10.4. The number of ether oxygens (including phenoxy) is 2. The molecule has 106 valence electrons. The van der Waals surface area contributed by atoms with Crippen LogP contribution in [0, 0.1) is 6.92 Å². The van der Waals surface area contributed by atoms with Crippen LogP contribution in [-0.4, -0.2) is 38.4 Å². The number of carboxylic acid groups (broad SMARTS) is 1. The summed E-state index contributed by atoms with van der Waals surface area (Å²) in [6, 6.07) is 3.83. The Hall–Kier alpha value is -1.75. The minimum absolute atomic E-state index is 0.138. The van der Waals surface area contributed by atoms with Gasteiger partial charge in [-0.1, -0.05) is 0 Å². The van der Waals surface area contributed by atoms with Gasteiger partial charge in [0.15, 0.2) is 0 Å². The second kappa shape index (κ2) is 7.63. The van der Waals surface area contributed by atoms with Gasteiger partial charge in [0, 0.05) is 12.6 Å². The van der Waals surface area contributed by atoms with Gasteiger partial charge in [-0.3, -0.25) is 4.79 Å². The SMILES string of the molecule is COc1cc(C)c(CCNCCC(=O)O)c(OC)c1. The normalized spacial score (nSPS) is 10.3. The minimum atomic E-state index is -0.786. The Balaban J connectivity index is 2.59. The number of carbonyl (C=O) groups is 1. The molecule has 0 aliphatic carbocycles. The molecule has 0 saturated heterocycles. The lowest BCUT2D eigenvalue weighted by Crippen LogP contribution is -2.21.